The molecule has 32 heavy (non-hydrogen) atoms. The minimum atomic E-state index is -4.64. The number of carbonyl (C=O) groups excluding carboxylic acids is 1. The molecule has 12 heteroatoms. The maximum Gasteiger partial charge on any atom is 0.449 e. The van der Waals surface area contributed by atoms with E-state index in [0.717, 1.165) is 16.3 Å². The fraction of sp³-hybridized carbons (Fsp3) is 0.200. The lowest BCUT2D eigenvalue weighted by atomic mass is 10.3. The number of rotatable bonds is 7. The van der Waals surface area contributed by atoms with Gasteiger partial charge in [0.25, 0.3) is 5.22 Å². The summed E-state index contributed by atoms with van der Waals surface area (Å²) in [6, 6.07) is 13.1. The standard InChI is InChI=1S/C20H16F3N5O3S/c1-30-13-8-6-12(7-9-13)24-16(29)11-32-19-27-26-17(31-19)10-28-15-5-3-2-4-14(15)25-18(28)20(21,22)23/h2-9H,10-11H2,1H3,(H,24,29). The SMILES string of the molecule is COc1ccc(NC(=O)CSc2nnc(Cn3c(C(F)(F)F)nc4ccccc43)o2)cc1. The average molecular weight is 463 g/mol. The molecule has 0 radical (unpaired) electrons. The molecule has 1 amide bonds. The van der Waals surface area contributed by atoms with Crippen molar-refractivity contribution in [3.63, 3.8) is 0 Å². The van der Waals surface area contributed by atoms with Crippen molar-refractivity contribution in [3.05, 3.63) is 60.2 Å². The minimum Gasteiger partial charge on any atom is -0.497 e. The van der Waals surface area contributed by atoms with Crippen LogP contribution in [-0.2, 0) is 17.5 Å². The van der Waals surface area contributed by atoms with Crippen LogP contribution in [0, 0.1) is 0 Å². The molecule has 8 nitrogen and oxygen atoms in total. The van der Waals surface area contributed by atoms with E-state index in [1.165, 1.54) is 12.1 Å². The molecule has 1 N–H and O–H groups in total. The van der Waals surface area contributed by atoms with E-state index in [1.807, 2.05) is 0 Å². The Hall–Kier alpha value is -3.54. The van der Waals surface area contributed by atoms with Gasteiger partial charge in [-0.25, -0.2) is 4.98 Å². The summed E-state index contributed by atoms with van der Waals surface area (Å²) in [6.07, 6.45) is -4.64. The van der Waals surface area contributed by atoms with Crippen molar-refractivity contribution >= 4 is 34.4 Å². The van der Waals surface area contributed by atoms with Crippen LogP contribution >= 0.6 is 11.8 Å². The van der Waals surface area contributed by atoms with E-state index in [9.17, 15) is 18.0 Å². The summed E-state index contributed by atoms with van der Waals surface area (Å²) in [7, 11) is 1.54. The van der Waals surface area contributed by atoms with Crippen LogP contribution in [0.4, 0.5) is 18.9 Å². The molecule has 0 aliphatic heterocycles. The van der Waals surface area contributed by atoms with Crippen molar-refractivity contribution < 1.29 is 27.1 Å². The van der Waals surface area contributed by atoms with Gasteiger partial charge in [-0.15, -0.1) is 10.2 Å². The van der Waals surface area contributed by atoms with Gasteiger partial charge in [0.2, 0.25) is 17.6 Å². The third-order valence-corrected chi connectivity index (χ3v) is 5.17. The van der Waals surface area contributed by atoms with E-state index in [4.69, 9.17) is 9.15 Å². The zero-order valence-corrected chi connectivity index (χ0v) is 17.4. The van der Waals surface area contributed by atoms with Gasteiger partial charge >= 0.3 is 6.18 Å². The average Bonchev–Trinajstić information content (AvgIpc) is 3.38. The minimum absolute atomic E-state index is 0.0184. The van der Waals surface area contributed by atoms with Gasteiger partial charge in [0, 0.05) is 5.69 Å². The van der Waals surface area contributed by atoms with Crippen molar-refractivity contribution in [2.45, 2.75) is 17.9 Å². The number of para-hydroxylation sites is 2. The smallest absolute Gasteiger partial charge is 0.449 e. The number of fused-ring (bicyclic) bond motifs is 1. The molecule has 0 spiro atoms. The zero-order chi connectivity index (χ0) is 22.7. The van der Waals surface area contributed by atoms with Gasteiger partial charge in [0.05, 0.1) is 23.9 Å². The van der Waals surface area contributed by atoms with Crippen molar-refractivity contribution in [1.82, 2.24) is 19.7 Å². The molecule has 0 saturated carbocycles. The number of aromatic nitrogens is 4. The quantitative estimate of drug-likeness (QED) is 0.410. The fourth-order valence-electron chi connectivity index (χ4n) is 2.95. The van der Waals surface area contributed by atoms with Crippen LogP contribution in [0.5, 0.6) is 5.75 Å². The molecular formula is C20H16F3N5O3S. The summed E-state index contributed by atoms with van der Waals surface area (Å²) in [5, 5.41) is 10.4. The highest BCUT2D eigenvalue weighted by atomic mass is 32.2. The Balaban J connectivity index is 1.42. The number of alkyl halides is 3. The maximum atomic E-state index is 13.4. The second-order valence-electron chi connectivity index (χ2n) is 6.54. The number of ether oxygens (including phenoxy) is 1. The lowest BCUT2D eigenvalue weighted by Crippen LogP contribution is -2.15. The van der Waals surface area contributed by atoms with Crippen molar-refractivity contribution in [3.8, 4) is 5.75 Å². The molecule has 2 aromatic heterocycles. The summed E-state index contributed by atoms with van der Waals surface area (Å²) < 4.78 is 51.7. The number of hydrogen-bond acceptors (Lipinski definition) is 7. The summed E-state index contributed by atoms with van der Waals surface area (Å²) >= 11 is 0.978. The fourth-order valence-corrected chi connectivity index (χ4v) is 3.53. The largest absolute Gasteiger partial charge is 0.497 e. The molecule has 2 heterocycles. The van der Waals surface area contributed by atoms with Crippen LogP contribution in [0.15, 0.2) is 58.2 Å². The van der Waals surface area contributed by atoms with Crippen LogP contribution < -0.4 is 10.1 Å². The summed E-state index contributed by atoms with van der Waals surface area (Å²) in [6.45, 7) is -0.305. The van der Waals surface area contributed by atoms with Crippen LogP contribution in [0.25, 0.3) is 11.0 Å². The van der Waals surface area contributed by atoms with Crippen LogP contribution in [0.1, 0.15) is 11.7 Å². The molecule has 0 fully saturated rings. The highest BCUT2D eigenvalue weighted by Crippen LogP contribution is 2.32. The number of amides is 1. The Morgan fingerprint density at radius 3 is 2.62 bits per heavy atom. The predicted molar refractivity (Wildman–Crippen MR) is 110 cm³/mol. The molecule has 0 aliphatic carbocycles. The lowest BCUT2D eigenvalue weighted by molar-refractivity contribution is -0.146. The number of carbonyl (C=O) groups is 1. The highest BCUT2D eigenvalue weighted by Gasteiger charge is 2.38. The van der Waals surface area contributed by atoms with Gasteiger partial charge in [-0.3, -0.25) is 4.79 Å². The van der Waals surface area contributed by atoms with Crippen molar-refractivity contribution in [2.24, 2.45) is 0 Å². The Bertz CT molecular complexity index is 1240. The molecule has 166 valence electrons. The maximum absolute atomic E-state index is 13.4. The molecule has 4 rings (SSSR count). The van der Waals surface area contributed by atoms with Gasteiger partial charge in [-0.1, -0.05) is 23.9 Å². The molecule has 0 aliphatic rings. The summed E-state index contributed by atoms with van der Waals surface area (Å²) in [5.74, 6) is -0.744. The molecule has 0 atom stereocenters. The van der Waals surface area contributed by atoms with Crippen LogP contribution in [0.2, 0.25) is 0 Å². The Labute approximate surface area is 183 Å². The monoisotopic (exact) mass is 463 g/mol. The van der Waals surface area contributed by atoms with E-state index in [2.05, 4.69) is 20.5 Å². The molecule has 4 aromatic rings. The lowest BCUT2D eigenvalue weighted by Gasteiger charge is -2.09. The number of anilines is 1. The Morgan fingerprint density at radius 1 is 1.16 bits per heavy atom. The summed E-state index contributed by atoms with van der Waals surface area (Å²) in [5.41, 5.74) is 1.10. The third-order valence-electron chi connectivity index (χ3n) is 4.35. The van der Waals surface area contributed by atoms with Gasteiger partial charge in [0.1, 0.15) is 12.3 Å². The first-order valence-electron chi connectivity index (χ1n) is 9.25. The second-order valence-corrected chi connectivity index (χ2v) is 7.46. The first kappa shape index (κ1) is 21.7. The van der Waals surface area contributed by atoms with E-state index in [1.54, 1.807) is 43.5 Å². The second kappa shape index (κ2) is 8.91. The van der Waals surface area contributed by atoms with Gasteiger partial charge < -0.3 is 19.0 Å². The number of halogens is 3. The number of imidazole rings is 1. The number of nitrogens with one attached hydrogen (secondary N) is 1. The number of thioether (sulfide) groups is 1. The molecular weight excluding hydrogens is 447 g/mol. The first-order chi connectivity index (χ1) is 15.3. The number of hydrogen-bond donors (Lipinski definition) is 1. The predicted octanol–water partition coefficient (Wildman–Crippen LogP) is 4.23. The zero-order valence-electron chi connectivity index (χ0n) is 16.6. The number of nitrogens with zero attached hydrogens (tertiary/aromatic N) is 4. The number of benzene rings is 2. The highest BCUT2D eigenvalue weighted by molar-refractivity contribution is 7.99. The topological polar surface area (TPSA) is 95.1 Å². The molecule has 0 unspecified atom stereocenters. The Morgan fingerprint density at radius 2 is 1.91 bits per heavy atom. The van der Waals surface area contributed by atoms with Gasteiger partial charge in [-0.05, 0) is 36.4 Å². The van der Waals surface area contributed by atoms with Crippen LogP contribution in [-0.4, -0.2) is 38.5 Å². The van der Waals surface area contributed by atoms with E-state index < -0.39 is 12.0 Å². The van der Waals surface area contributed by atoms with Crippen LogP contribution in [0.3, 0.4) is 0 Å². The van der Waals surface area contributed by atoms with Crippen molar-refractivity contribution in [2.75, 3.05) is 18.2 Å². The first-order valence-corrected chi connectivity index (χ1v) is 10.2. The molecule has 2 aromatic carbocycles. The Kier molecular flexibility index (Phi) is 6.04. The van der Waals surface area contributed by atoms with Gasteiger partial charge in [-0.2, -0.15) is 13.2 Å². The molecule has 0 saturated heterocycles. The van der Waals surface area contributed by atoms with Gasteiger partial charge in [0.15, 0.2) is 0 Å². The number of methoxy groups -OCH3 is 1. The normalized spacial score (nSPS) is 11.6. The van der Waals surface area contributed by atoms with E-state index in [-0.39, 0.29) is 34.8 Å². The molecule has 0 bridgehead atoms. The summed E-state index contributed by atoms with van der Waals surface area (Å²) in [4.78, 5) is 15.8. The third kappa shape index (κ3) is 4.85. The van der Waals surface area contributed by atoms with E-state index in [0.29, 0.717) is 17.0 Å². The van der Waals surface area contributed by atoms with E-state index >= 15 is 0 Å². The van der Waals surface area contributed by atoms with Crippen molar-refractivity contribution in [1.29, 1.82) is 0 Å².